The van der Waals surface area contributed by atoms with Gasteiger partial charge in [-0.3, -0.25) is 9.63 Å². The molecule has 3 aromatic rings. The zero-order valence-electron chi connectivity index (χ0n) is 15.3. The largest absolute Gasteiger partial charge is 0.467 e. The molecule has 7 heteroatoms. The number of esters is 1. The van der Waals surface area contributed by atoms with Gasteiger partial charge >= 0.3 is 5.97 Å². The van der Waals surface area contributed by atoms with E-state index in [2.05, 4.69) is 0 Å². The highest BCUT2D eigenvalue weighted by atomic mass is 19.1. The predicted octanol–water partition coefficient (Wildman–Crippen LogP) is 3.75. The summed E-state index contributed by atoms with van der Waals surface area (Å²) < 4.78 is 24.1. The summed E-state index contributed by atoms with van der Waals surface area (Å²) >= 11 is 0. The van der Waals surface area contributed by atoms with E-state index >= 15 is 0 Å². The maximum atomic E-state index is 13.7. The molecule has 0 unspecified atom stereocenters. The van der Waals surface area contributed by atoms with Crippen LogP contribution in [0, 0.1) is 5.82 Å². The zero-order valence-corrected chi connectivity index (χ0v) is 15.3. The number of para-hydroxylation sites is 1. The molecule has 0 bridgehead atoms. The molecular formula is C21H18FNO5. The number of methoxy groups -OCH3 is 1. The minimum Gasteiger partial charge on any atom is -0.467 e. The number of hydrogen-bond donors (Lipinski definition) is 0. The molecule has 28 heavy (non-hydrogen) atoms. The van der Waals surface area contributed by atoms with Gasteiger partial charge in [0.1, 0.15) is 17.7 Å². The van der Waals surface area contributed by atoms with Crippen molar-refractivity contribution >= 4 is 22.6 Å². The van der Waals surface area contributed by atoms with Crippen molar-refractivity contribution in [3.63, 3.8) is 0 Å². The summed E-state index contributed by atoms with van der Waals surface area (Å²) in [6.45, 7) is 1.61. The monoisotopic (exact) mass is 383 g/mol. The topological polar surface area (TPSA) is 69.0 Å². The first-order valence-electron chi connectivity index (χ1n) is 8.76. The van der Waals surface area contributed by atoms with Crippen LogP contribution in [0.4, 0.5) is 10.1 Å². The molecule has 1 fully saturated rings. The van der Waals surface area contributed by atoms with E-state index in [1.165, 1.54) is 30.6 Å². The van der Waals surface area contributed by atoms with Crippen molar-refractivity contribution in [1.82, 2.24) is 0 Å². The second-order valence-electron chi connectivity index (χ2n) is 6.86. The van der Waals surface area contributed by atoms with Gasteiger partial charge in [0.2, 0.25) is 0 Å². The van der Waals surface area contributed by atoms with E-state index in [9.17, 15) is 14.0 Å². The van der Waals surface area contributed by atoms with Crippen LogP contribution in [-0.4, -0.2) is 18.7 Å². The fourth-order valence-corrected chi connectivity index (χ4v) is 3.50. The van der Waals surface area contributed by atoms with Crippen LogP contribution in [0.5, 0.6) is 0 Å². The van der Waals surface area contributed by atoms with Crippen molar-refractivity contribution in [2.75, 3.05) is 12.2 Å². The van der Waals surface area contributed by atoms with Crippen LogP contribution < -0.4 is 10.5 Å². The van der Waals surface area contributed by atoms with Crippen LogP contribution in [0.25, 0.3) is 11.0 Å². The molecule has 0 N–H and O–H groups in total. The van der Waals surface area contributed by atoms with Gasteiger partial charge in [-0.2, -0.15) is 0 Å². The van der Waals surface area contributed by atoms with Gasteiger partial charge in [0.05, 0.1) is 29.8 Å². The minimum atomic E-state index is -1.28. The molecule has 1 aromatic heterocycles. The summed E-state index contributed by atoms with van der Waals surface area (Å²) in [4.78, 5) is 31.3. The molecule has 1 aliphatic rings. The summed E-state index contributed by atoms with van der Waals surface area (Å²) in [6, 6.07) is 12.3. The Bertz CT molecular complexity index is 1100. The normalized spacial score (nSPS) is 21.8. The summed E-state index contributed by atoms with van der Waals surface area (Å²) in [5.74, 6) is -1.08. The molecule has 0 radical (unpaired) electrons. The molecule has 4 rings (SSSR count). The van der Waals surface area contributed by atoms with E-state index in [0.717, 1.165) is 6.07 Å². The third kappa shape index (κ3) is 2.93. The quantitative estimate of drug-likeness (QED) is 0.642. The van der Waals surface area contributed by atoms with Gasteiger partial charge in [-0.1, -0.05) is 18.2 Å². The first-order valence-corrected chi connectivity index (χ1v) is 8.76. The zero-order chi connectivity index (χ0) is 19.9. The van der Waals surface area contributed by atoms with Crippen molar-refractivity contribution in [1.29, 1.82) is 0 Å². The molecule has 0 amide bonds. The maximum Gasteiger partial charge on any atom is 0.340 e. The Morgan fingerprint density at radius 1 is 1.25 bits per heavy atom. The average molecular weight is 383 g/mol. The predicted molar refractivity (Wildman–Crippen MR) is 100 cm³/mol. The number of rotatable bonds is 3. The number of hydroxylamine groups is 1. The highest BCUT2D eigenvalue weighted by Crippen LogP contribution is 2.43. The molecule has 2 heterocycles. The van der Waals surface area contributed by atoms with Gasteiger partial charge < -0.3 is 9.15 Å². The van der Waals surface area contributed by atoms with Gasteiger partial charge in [-0.15, -0.1) is 0 Å². The van der Waals surface area contributed by atoms with E-state index in [1.807, 2.05) is 18.2 Å². The summed E-state index contributed by atoms with van der Waals surface area (Å²) in [5, 5.41) is 1.64. The number of benzene rings is 2. The van der Waals surface area contributed by atoms with Crippen LogP contribution in [0.3, 0.4) is 0 Å². The summed E-state index contributed by atoms with van der Waals surface area (Å²) in [7, 11) is 1.28. The number of ether oxygens (including phenoxy) is 1. The van der Waals surface area contributed by atoms with Gasteiger partial charge in [0, 0.05) is 6.42 Å². The van der Waals surface area contributed by atoms with E-state index in [-0.39, 0.29) is 28.4 Å². The van der Waals surface area contributed by atoms with Crippen molar-refractivity contribution < 1.29 is 23.2 Å². The first kappa shape index (κ1) is 18.2. The van der Waals surface area contributed by atoms with Crippen molar-refractivity contribution in [2.24, 2.45) is 0 Å². The van der Waals surface area contributed by atoms with Gasteiger partial charge in [-0.25, -0.2) is 14.2 Å². The molecule has 0 spiro atoms. The molecule has 6 nitrogen and oxygen atoms in total. The molecule has 2 aromatic carbocycles. The Morgan fingerprint density at radius 2 is 2.00 bits per heavy atom. The Labute approximate surface area is 160 Å². The number of anilines is 1. The van der Waals surface area contributed by atoms with Crippen LogP contribution in [-0.2, 0) is 14.4 Å². The van der Waals surface area contributed by atoms with E-state index in [1.54, 1.807) is 19.1 Å². The van der Waals surface area contributed by atoms with Crippen molar-refractivity contribution in [2.45, 2.75) is 25.0 Å². The molecular weight excluding hydrogens is 365 g/mol. The van der Waals surface area contributed by atoms with Gasteiger partial charge in [0.25, 0.3) is 0 Å². The Morgan fingerprint density at radius 3 is 2.71 bits per heavy atom. The molecule has 2 atom stereocenters. The SMILES string of the molecule is COC(=O)[C@@]1(C)C[C@@H](c2coc3ccc(F)cc3c2=O)N(c2ccccc2)O1. The summed E-state index contributed by atoms with van der Waals surface area (Å²) in [5.41, 5.74) is -0.424. The second kappa shape index (κ2) is 6.76. The van der Waals surface area contributed by atoms with Crippen molar-refractivity contribution in [3.8, 4) is 0 Å². The maximum absolute atomic E-state index is 13.7. The summed E-state index contributed by atoms with van der Waals surface area (Å²) in [6.07, 6.45) is 1.51. The van der Waals surface area contributed by atoms with Gasteiger partial charge in [-0.05, 0) is 37.3 Å². The lowest BCUT2D eigenvalue weighted by Crippen LogP contribution is -2.37. The first-order chi connectivity index (χ1) is 13.4. The number of carbonyl (C=O) groups excluding carboxylic acids is 1. The number of fused-ring (bicyclic) bond motifs is 1. The third-order valence-corrected chi connectivity index (χ3v) is 4.91. The number of hydrogen-bond acceptors (Lipinski definition) is 6. The van der Waals surface area contributed by atoms with Crippen LogP contribution in [0.2, 0.25) is 0 Å². The third-order valence-electron chi connectivity index (χ3n) is 4.91. The van der Waals surface area contributed by atoms with E-state index in [0.29, 0.717) is 5.69 Å². The lowest BCUT2D eigenvalue weighted by molar-refractivity contribution is -0.163. The molecule has 0 saturated carbocycles. The molecule has 1 saturated heterocycles. The number of halogens is 1. The van der Waals surface area contributed by atoms with Crippen LogP contribution >= 0.6 is 0 Å². The Balaban J connectivity index is 1.86. The van der Waals surface area contributed by atoms with Crippen LogP contribution in [0.15, 0.2) is 64.0 Å². The highest BCUT2D eigenvalue weighted by molar-refractivity contribution is 5.80. The fraction of sp³-hybridized carbons (Fsp3) is 0.238. The van der Waals surface area contributed by atoms with E-state index in [4.69, 9.17) is 14.0 Å². The smallest absolute Gasteiger partial charge is 0.340 e. The van der Waals surface area contributed by atoms with Crippen molar-refractivity contribution in [3.05, 3.63) is 76.4 Å². The lowest BCUT2D eigenvalue weighted by Gasteiger charge is -2.25. The Kier molecular flexibility index (Phi) is 4.39. The minimum absolute atomic E-state index is 0.136. The van der Waals surface area contributed by atoms with Crippen LogP contribution in [0.1, 0.15) is 24.9 Å². The molecule has 1 aliphatic heterocycles. The van der Waals surface area contributed by atoms with Gasteiger partial charge in [0.15, 0.2) is 11.0 Å². The lowest BCUT2D eigenvalue weighted by atomic mass is 9.94. The fourth-order valence-electron chi connectivity index (χ4n) is 3.50. The van der Waals surface area contributed by atoms with E-state index < -0.39 is 23.4 Å². The number of nitrogens with zero attached hydrogens (tertiary/aromatic N) is 1. The standard InChI is InChI=1S/C21H18FNO5/c1-21(20(25)26-2)11-17(23(28-21)14-6-4-3-5-7-14)16-12-27-18-9-8-13(22)10-15(18)19(16)24/h3-10,12,17H,11H2,1-2H3/t17-,21+/m0/s1. The second-order valence-corrected chi connectivity index (χ2v) is 6.86. The molecule has 0 aliphatic carbocycles. The molecule has 144 valence electrons. The average Bonchev–Trinajstić information content (AvgIpc) is 3.07. The Hall–Kier alpha value is -3.19. The number of carbonyl (C=O) groups is 1. The highest BCUT2D eigenvalue weighted by Gasteiger charge is 2.50.